The summed E-state index contributed by atoms with van der Waals surface area (Å²) in [4.78, 5) is 2.47. The number of hydrogen-bond donors (Lipinski definition) is 0. The first-order valence-corrected chi connectivity index (χ1v) is 11.4. The third kappa shape index (κ3) is 3.73. The maximum atomic E-state index is 14.5. The van der Waals surface area contributed by atoms with Crippen molar-refractivity contribution in [2.75, 3.05) is 18.6 Å². The second-order valence-corrected chi connectivity index (χ2v) is 8.75. The minimum atomic E-state index is -0.514. The van der Waals surface area contributed by atoms with E-state index in [1.165, 1.54) is 50.7 Å². The van der Waals surface area contributed by atoms with Gasteiger partial charge in [-0.1, -0.05) is 18.9 Å². The van der Waals surface area contributed by atoms with E-state index >= 15 is 0 Å². The molecule has 2 fully saturated rings. The van der Waals surface area contributed by atoms with Gasteiger partial charge in [0.2, 0.25) is 0 Å². The van der Waals surface area contributed by atoms with E-state index in [0.717, 1.165) is 35.4 Å². The Labute approximate surface area is 188 Å². The van der Waals surface area contributed by atoms with Crippen LogP contribution in [0.3, 0.4) is 0 Å². The number of benzene rings is 2. The molecule has 5 rings (SSSR count). The Hall–Kier alpha value is -3.33. The van der Waals surface area contributed by atoms with E-state index in [2.05, 4.69) is 11.0 Å². The summed E-state index contributed by atoms with van der Waals surface area (Å²) in [6.07, 6.45) is 7.58. The minimum Gasteiger partial charge on any atom is -0.497 e. The number of methoxy groups -OCH3 is 1. The fraction of sp³-hybridized carbons (Fsp3) is 0.385. The third-order valence-electron chi connectivity index (χ3n) is 6.94. The molecule has 2 aliphatic rings. The molecule has 1 aromatic heterocycles. The largest absolute Gasteiger partial charge is 0.497 e. The Bertz CT molecular complexity index is 1150. The third-order valence-corrected chi connectivity index (χ3v) is 6.94. The monoisotopic (exact) mass is 430 g/mol. The molecule has 2 atom stereocenters. The number of rotatable bonds is 4. The lowest BCUT2D eigenvalue weighted by Gasteiger charge is -2.44. The highest BCUT2D eigenvalue weighted by molar-refractivity contribution is 5.68. The molecule has 0 amide bonds. The van der Waals surface area contributed by atoms with Gasteiger partial charge in [-0.15, -0.1) is 5.10 Å². The van der Waals surface area contributed by atoms with Crippen LogP contribution in [-0.4, -0.2) is 29.5 Å². The average molecular weight is 431 g/mol. The topological polar surface area (TPSA) is 54.1 Å². The minimum absolute atomic E-state index is 0.0468. The quantitative estimate of drug-likeness (QED) is 0.531. The van der Waals surface area contributed by atoms with Crippen molar-refractivity contribution in [3.63, 3.8) is 0 Å². The highest BCUT2D eigenvalue weighted by atomic mass is 19.1. The van der Waals surface area contributed by atoms with Gasteiger partial charge in [0.1, 0.15) is 17.6 Å². The van der Waals surface area contributed by atoms with E-state index in [1.807, 2.05) is 35.0 Å². The first-order chi connectivity index (χ1) is 15.7. The molecule has 32 heavy (non-hydrogen) atoms. The molecule has 5 nitrogen and oxygen atoms in total. The van der Waals surface area contributed by atoms with Crippen molar-refractivity contribution in [2.24, 2.45) is 5.92 Å². The van der Waals surface area contributed by atoms with E-state index in [-0.39, 0.29) is 5.56 Å². The summed E-state index contributed by atoms with van der Waals surface area (Å²) in [6.45, 7) is 1.00. The van der Waals surface area contributed by atoms with Gasteiger partial charge < -0.3 is 9.64 Å². The van der Waals surface area contributed by atoms with Gasteiger partial charge in [-0.2, -0.15) is 5.26 Å². The maximum Gasteiger partial charge on any atom is 0.151 e. The van der Waals surface area contributed by atoms with Gasteiger partial charge in [-0.05, 0) is 68.0 Å². The lowest BCUT2D eigenvalue weighted by Crippen LogP contribution is -2.47. The first kappa shape index (κ1) is 20.6. The van der Waals surface area contributed by atoms with Crippen molar-refractivity contribution in [1.82, 2.24) is 9.78 Å². The molecule has 1 saturated carbocycles. The molecular weight excluding hydrogens is 403 g/mol. The molecule has 164 valence electrons. The SMILES string of the molecule is COc1ccc(-n2nc(N3CCCC4CCCCC43)cc2-c2ccc(C#N)c(F)c2)cc1. The highest BCUT2D eigenvalue weighted by Gasteiger charge is 2.34. The normalized spacial score (nSPS) is 20.5. The maximum absolute atomic E-state index is 14.5. The lowest BCUT2D eigenvalue weighted by molar-refractivity contribution is 0.242. The Morgan fingerprint density at radius 3 is 2.56 bits per heavy atom. The first-order valence-electron chi connectivity index (χ1n) is 11.4. The zero-order valence-electron chi connectivity index (χ0n) is 18.3. The van der Waals surface area contributed by atoms with E-state index < -0.39 is 5.82 Å². The van der Waals surface area contributed by atoms with Crippen LogP contribution in [0.5, 0.6) is 5.75 Å². The molecule has 2 unspecified atom stereocenters. The molecule has 3 aromatic rings. The lowest BCUT2D eigenvalue weighted by atomic mass is 9.78. The van der Waals surface area contributed by atoms with Crippen LogP contribution in [0.2, 0.25) is 0 Å². The summed E-state index contributed by atoms with van der Waals surface area (Å²) < 4.78 is 21.7. The zero-order valence-corrected chi connectivity index (χ0v) is 18.3. The summed E-state index contributed by atoms with van der Waals surface area (Å²) in [6, 6.07) is 17.0. The predicted octanol–water partition coefficient (Wildman–Crippen LogP) is 5.72. The van der Waals surface area contributed by atoms with Gasteiger partial charge in [0.05, 0.1) is 24.1 Å². The summed E-state index contributed by atoms with van der Waals surface area (Å²) in [5, 5.41) is 14.1. The predicted molar refractivity (Wildman–Crippen MR) is 123 cm³/mol. The summed E-state index contributed by atoms with van der Waals surface area (Å²) in [5.41, 5.74) is 2.44. The average Bonchev–Trinajstić information content (AvgIpc) is 3.29. The van der Waals surface area contributed by atoms with E-state index in [0.29, 0.717) is 11.6 Å². The van der Waals surface area contributed by atoms with Crippen molar-refractivity contribution >= 4 is 5.82 Å². The zero-order chi connectivity index (χ0) is 22.1. The Kier molecular flexibility index (Phi) is 5.57. The molecule has 2 aromatic carbocycles. The number of nitrogens with zero attached hydrogens (tertiary/aromatic N) is 4. The molecule has 1 saturated heterocycles. The van der Waals surface area contributed by atoms with Gasteiger partial charge in [0.15, 0.2) is 5.82 Å². The van der Waals surface area contributed by atoms with Crippen LogP contribution >= 0.6 is 0 Å². The van der Waals surface area contributed by atoms with Gasteiger partial charge in [-0.25, -0.2) is 9.07 Å². The van der Waals surface area contributed by atoms with Crippen LogP contribution in [0.4, 0.5) is 10.2 Å². The second-order valence-electron chi connectivity index (χ2n) is 8.75. The van der Waals surface area contributed by atoms with Crippen LogP contribution in [0, 0.1) is 23.1 Å². The molecule has 0 bridgehead atoms. The molecule has 0 radical (unpaired) electrons. The number of anilines is 1. The molecule has 0 spiro atoms. The van der Waals surface area contributed by atoms with Gasteiger partial charge in [0.25, 0.3) is 0 Å². The van der Waals surface area contributed by atoms with E-state index in [4.69, 9.17) is 15.1 Å². The van der Waals surface area contributed by atoms with E-state index in [1.54, 1.807) is 13.2 Å². The molecule has 0 N–H and O–H groups in total. The highest BCUT2D eigenvalue weighted by Crippen LogP contribution is 2.39. The Balaban J connectivity index is 1.60. The van der Waals surface area contributed by atoms with Crippen molar-refractivity contribution in [2.45, 2.75) is 44.6 Å². The smallest absolute Gasteiger partial charge is 0.151 e. The van der Waals surface area contributed by atoms with Crippen LogP contribution in [0.1, 0.15) is 44.1 Å². The van der Waals surface area contributed by atoms with Crippen LogP contribution in [0.15, 0.2) is 48.5 Å². The van der Waals surface area contributed by atoms with Crippen LogP contribution in [-0.2, 0) is 0 Å². The summed E-state index contributed by atoms with van der Waals surface area (Å²) >= 11 is 0. The van der Waals surface area contributed by atoms with Crippen molar-refractivity contribution in [3.8, 4) is 28.8 Å². The second kappa shape index (κ2) is 8.66. The van der Waals surface area contributed by atoms with Crippen LogP contribution in [0.25, 0.3) is 16.9 Å². The number of ether oxygens (including phenoxy) is 1. The number of piperidine rings is 1. The Morgan fingerprint density at radius 2 is 1.81 bits per heavy atom. The summed E-state index contributed by atoms with van der Waals surface area (Å²) in [7, 11) is 1.64. The van der Waals surface area contributed by atoms with Gasteiger partial charge in [0, 0.05) is 24.2 Å². The fourth-order valence-corrected chi connectivity index (χ4v) is 5.31. The van der Waals surface area contributed by atoms with E-state index in [9.17, 15) is 4.39 Å². The van der Waals surface area contributed by atoms with Crippen molar-refractivity contribution < 1.29 is 9.13 Å². The number of hydrogen-bond acceptors (Lipinski definition) is 4. The van der Waals surface area contributed by atoms with Crippen LogP contribution < -0.4 is 9.64 Å². The number of halogens is 1. The standard InChI is InChI=1S/C26H27FN4O/c1-32-22-12-10-21(11-13-22)31-25(19-8-9-20(17-28)23(27)15-19)16-26(29-31)30-14-4-6-18-5-2-3-7-24(18)30/h8-13,15-16,18,24H,2-7,14H2,1H3. The number of nitriles is 1. The number of aromatic nitrogens is 2. The molecule has 2 heterocycles. The molecule has 6 heteroatoms. The van der Waals surface area contributed by atoms with Gasteiger partial charge in [-0.3, -0.25) is 0 Å². The summed E-state index contributed by atoms with van der Waals surface area (Å²) in [5.74, 6) is 1.93. The number of fused-ring (bicyclic) bond motifs is 1. The molecular formula is C26H27FN4O. The molecule has 1 aliphatic heterocycles. The van der Waals surface area contributed by atoms with Crippen molar-refractivity contribution in [1.29, 1.82) is 5.26 Å². The molecule has 1 aliphatic carbocycles. The van der Waals surface area contributed by atoms with Crippen molar-refractivity contribution in [3.05, 3.63) is 59.9 Å². The van der Waals surface area contributed by atoms with Gasteiger partial charge >= 0.3 is 0 Å². The fourth-order valence-electron chi connectivity index (χ4n) is 5.31. The Morgan fingerprint density at radius 1 is 1.03 bits per heavy atom.